The molecule has 3 heteroatoms. The molecule has 0 rings (SSSR count). The Morgan fingerprint density at radius 1 is 0.800 bits per heavy atom. The predicted octanol–water partition coefficient (Wildman–Crippen LogP) is 2.83. The van der Waals surface area contributed by atoms with Crippen molar-refractivity contribution in [2.75, 3.05) is 13.2 Å². The van der Waals surface area contributed by atoms with E-state index in [1.807, 2.05) is 0 Å². The average Bonchev–Trinajstić information content (AvgIpc) is 2.18. The van der Waals surface area contributed by atoms with Crippen LogP contribution < -0.4 is 0 Å². The summed E-state index contributed by atoms with van der Waals surface area (Å²) in [5.41, 5.74) is 0. The van der Waals surface area contributed by atoms with Gasteiger partial charge in [-0.25, -0.2) is 0 Å². The molecule has 92 valence electrons. The van der Waals surface area contributed by atoms with Crippen molar-refractivity contribution >= 4 is 27.3 Å². The number of hydrogen-bond acceptors (Lipinski definition) is 2. The van der Waals surface area contributed by atoms with Crippen LogP contribution in [0.2, 0.25) is 0 Å². The first-order chi connectivity index (χ1) is 6.85. The molecule has 0 saturated carbocycles. The monoisotopic (exact) mass is 412 g/mol. The first kappa shape index (κ1) is 18.2. The Balaban J connectivity index is 0. The summed E-state index contributed by atoms with van der Waals surface area (Å²) in [6.45, 7) is 8.20. The fourth-order valence-electron chi connectivity index (χ4n) is 1.17. The van der Waals surface area contributed by atoms with E-state index >= 15 is 0 Å². The van der Waals surface area contributed by atoms with E-state index in [1.165, 1.54) is 12.8 Å². The second-order valence-electron chi connectivity index (χ2n) is 3.67. The molecule has 0 aromatic carbocycles. The van der Waals surface area contributed by atoms with Gasteiger partial charge in [0.05, 0.1) is 0 Å². The Hall–Kier alpha value is 0.842. The van der Waals surface area contributed by atoms with Gasteiger partial charge in [0, 0.05) is 13.2 Å². The summed E-state index contributed by atoms with van der Waals surface area (Å²) >= 11 is 0. The molecule has 15 heavy (non-hydrogen) atoms. The zero-order valence-electron chi connectivity index (χ0n) is 10.8. The van der Waals surface area contributed by atoms with E-state index in [4.69, 9.17) is 9.47 Å². The molecule has 0 aromatic rings. The summed E-state index contributed by atoms with van der Waals surface area (Å²) in [7, 11) is 0. The van der Waals surface area contributed by atoms with E-state index in [-0.39, 0.29) is 33.6 Å². The maximum atomic E-state index is 5.65. The third kappa shape index (κ3) is 12.8. The van der Waals surface area contributed by atoms with E-state index in [0.29, 0.717) is 0 Å². The van der Waals surface area contributed by atoms with Crippen LogP contribution in [0.5, 0.6) is 0 Å². The average molecular weight is 412 g/mol. The summed E-state index contributed by atoms with van der Waals surface area (Å²) in [6, 6.07) is 0. The van der Waals surface area contributed by atoms with E-state index in [1.54, 1.807) is 0 Å². The predicted molar refractivity (Wildman–Crippen MR) is 69.0 cm³/mol. The molecule has 2 radical (unpaired) electrons. The first-order valence-corrected chi connectivity index (χ1v) is 6.08. The van der Waals surface area contributed by atoms with Gasteiger partial charge in [-0.1, -0.05) is 40.0 Å². The van der Waals surface area contributed by atoms with Crippen molar-refractivity contribution in [3.8, 4) is 0 Å². The molecule has 0 bridgehead atoms. The minimum absolute atomic E-state index is 0. The zero-order valence-corrected chi connectivity index (χ0v) is 16.3. The molecule has 0 aromatic heterocycles. The van der Waals surface area contributed by atoms with Crippen LogP contribution in [-0.2, 0) is 9.47 Å². The standard InChI is InChI=1S/C12H26O2.Pb.2H/c1-4-7-10-13-12(9-6-3)14-11-8-5-2;;;/h12H,4-11H2,1-3H3;;;. The Kier molecular flexibility index (Phi) is 18.0. The molecule has 0 unspecified atom stereocenters. The van der Waals surface area contributed by atoms with Crippen LogP contribution in [0.15, 0.2) is 0 Å². The molecule has 0 aliphatic heterocycles. The molecule has 0 aliphatic carbocycles. The van der Waals surface area contributed by atoms with E-state index < -0.39 is 0 Å². The fourth-order valence-corrected chi connectivity index (χ4v) is 1.17. The molecule has 0 amide bonds. The van der Waals surface area contributed by atoms with Crippen molar-refractivity contribution in [2.24, 2.45) is 0 Å². The molecule has 0 spiro atoms. The van der Waals surface area contributed by atoms with Gasteiger partial charge < -0.3 is 9.47 Å². The fraction of sp³-hybridized carbons (Fsp3) is 1.00. The summed E-state index contributed by atoms with van der Waals surface area (Å²) in [5, 5.41) is 0. The van der Waals surface area contributed by atoms with Gasteiger partial charge in [-0.2, -0.15) is 0 Å². The number of hydrogen-bond donors (Lipinski definition) is 0. The van der Waals surface area contributed by atoms with Crippen LogP contribution in [0, 0.1) is 0 Å². The van der Waals surface area contributed by atoms with Gasteiger partial charge in [0.25, 0.3) is 0 Å². The van der Waals surface area contributed by atoms with Gasteiger partial charge in [-0.3, -0.25) is 0 Å². The molecule has 0 aliphatic rings. The minimum atomic E-state index is 0. The van der Waals surface area contributed by atoms with Gasteiger partial charge in [0.2, 0.25) is 0 Å². The maximum absolute atomic E-state index is 5.65. The van der Waals surface area contributed by atoms with Crippen LogP contribution in [0.3, 0.4) is 0 Å². The van der Waals surface area contributed by atoms with Crippen molar-refractivity contribution in [1.29, 1.82) is 0 Å². The van der Waals surface area contributed by atoms with Gasteiger partial charge in [0.1, 0.15) is 0 Å². The van der Waals surface area contributed by atoms with Crippen LogP contribution in [0.4, 0.5) is 0 Å². The molecule has 0 heterocycles. The Labute approximate surface area is 115 Å². The molecule has 0 N–H and O–H groups in total. The van der Waals surface area contributed by atoms with Crippen molar-refractivity contribution in [2.45, 2.75) is 65.6 Å². The van der Waals surface area contributed by atoms with Gasteiger partial charge in [-0.15, -0.1) is 0 Å². The molecule has 0 atom stereocenters. The van der Waals surface area contributed by atoms with Crippen molar-refractivity contribution in [3.63, 3.8) is 0 Å². The Morgan fingerprint density at radius 3 is 1.60 bits per heavy atom. The van der Waals surface area contributed by atoms with E-state index in [0.717, 1.165) is 38.9 Å². The third-order valence-corrected chi connectivity index (χ3v) is 2.13. The summed E-state index contributed by atoms with van der Waals surface area (Å²) in [6.07, 6.45) is 6.84. The van der Waals surface area contributed by atoms with Crippen LogP contribution in [0.1, 0.15) is 59.3 Å². The van der Waals surface area contributed by atoms with Crippen molar-refractivity contribution in [1.82, 2.24) is 0 Å². The second-order valence-corrected chi connectivity index (χ2v) is 3.67. The van der Waals surface area contributed by atoms with E-state index in [9.17, 15) is 0 Å². The van der Waals surface area contributed by atoms with Crippen molar-refractivity contribution in [3.05, 3.63) is 0 Å². The first-order valence-electron chi connectivity index (χ1n) is 6.08. The third-order valence-electron chi connectivity index (χ3n) is 2.13. The Bertz CT molecular complexity index is 99.8. The van der Waals surface area contributed by atoms with Crippen molar-refractivity contribution < 1.29 is 9.47 Å². The molecule has 0 saturated heterocycles. The SMILES string of the molecule is CCCCOC(CCC)OCCCC.[PbH2]. The second kappa shape index (κ2) is 14.8. The van der Waals surface area contributed by atoms with Crippen LogP contribution >= 0.6 is 0 Å². The van der Waals surface area contributed by atoms with Gasteiger partial charge in [0.15, 0.2) is 6.29 Å². The molecular formula is C12H28O2Pb. The van der Waals surface area contributed by atoms with Gasteiger partial charge >= 0.3 is 27.3 Å². The number of rotatable bonds is 10. The number of ether oxygens (including phenoxy) is 2. The van der Waals surface area contributed by atoms with Crippen LogP contribution in [0.25, 0.3) is 0 Å². The number of unbranched alkanes of at least 4 members (excludes halogenated alkanes) is 2. The van der Waals surface area contributed by atoms with Gasteiger partial charge in [-0.05, 0) is 19.3 Å². The summed E-state index contributed by atoms with van der Waals surface area (Å²) in [4.78, 5) is 0. The van der Waals surface area contributed by atoms with Crippen LogP contribution in [-0.4, -0.2) is 46.8 Å². The quantitative estimate of drug-likeness (QED) is 0.313. The topological polar surface area (TPSA) is 18.5 Å². The van der Waals surface area contributed by atoms with E-state index in [2.05, 4.69) is 20.8 Å². The summed E-state index contributed by atoms with van der Waals surface area (Å²) < 4.78 is 11.3. The Morgan fingerprint density at radius 2 is 1.27 bits per heavy atom. The molecule has 0 fully saturated rings. The normalized spacial score (nSPS) is 10.4. The summed E-state index contributed by atoms with van der Waals surface area (Å²) in [5.74, 6) is 0. The molecular weight excluding hydrogens is 383 g/mol. The molecule has 2 nitrogen and oxygen atoms in total. The zero-order chi connectivity index (χ0) is 10.6.